The number of hydrogen-bond donors (Lipinski definition) is 1. The van der Waals surface area contributed by atoms with E-state index in [-0.39, 0.29) is 16.2 Å². The molecule has 142 valence electrons. The topological polar surface area (TPSA) is 64.6 Å². The molecule has 5 nitrogen and oxygen atoms in total. The van der Waals surface area contributed by atoms with Crippen LogP contribution in [0.25, 0.3) is 0 Å². The fourth-order valence-corrected chi connectivity index (χ4v) is 3.76. The van der Waals surface area contributed by atoms with Gasteiger partial charge in [0.05, 0.1) is 19.8 Å². The highest BCUT2D eigenvalue weighted by Crippen LogP contribution is 2.32. The van der Waals surface area contributed by atoms with Crippen molar-refractivity contribution in [3.8, 4) is 11.5 Å². The maximum Gasteiger partial charge on any atom is 0.416 e. The molecule has 1 N–H and O–H groups in total. The monoisotopic (exact) mass is 389 g/mol. The maximum absolute atomic E-state index is 12.8. The largest absolute Gasteiger partial charge is 0.497 e. The number of ether oxygens (including phenoxy) is 2. The number of nitrogens with one attached hydrogen (secondary N) is 1. The van der Waals surface area contributed by atoms with Crippen LogP contribution in [0.1, 0.15) is 24.1 Å². The van der Waals surface area contributed by atoms with Crippen LogP contribution >= 0.6 is 0 Å². The predicted octanol–water partition coefficient (Wildman–Crippen LogP) is 3.76. The van der Waals surface area contributed by atoms with Gasteiger partial charge in [0, 0.05) is 12.1 Å². The summed E-state index contributed by atoms with van der Waals surface area (Å²) in [6.07, 6.45) is -4.51. The molecule has 0 radical (unpaired) electrons. The molecule has 0 saturated heterocycles. The third-order valence-electron chi connectivity index (χ3n) is 3.71. The van der Waals surface area contributed by atoms with Crippen molar-refractivity contribution in [2.45, 2.75) is 24.0 Å². The van der Waals surface area contributed by atoms with E-state index < -0.39 is 27.8 Å². The molecule has 1 unspecified atom stereocenters. The fraction of sp³-hybridized carbons (Fsp3) is 0.294. The molecule has 0 aliphatic carbocycles. The Morgan fingerprint density at radius 2 is 1.73 bits per heavy atom. The molecule has 0 fully saturated rings. The summed E-state index contributed by atoms with van der Waals surface area (Å²) in [6, 6.07) is 7.85. The maximum atomic E-state index is 12.8. The van der Waals surface area contributed by atoms with E-state index in [1.807, 2.05) is 0 Å². The minimum atomic E-state index is -4.51. The number of halogens is 3. The van der Waals surface area contributed by atoms with E-state index in [0.29, 0.717) is 5.75 Å². The fourth-order valence-electron chi connectivity index (χ4n) is 2.34. The third-order valence-corrected chi connectivity index (χ3v) is 5.27. The van der Waals surface area contributed by atoms with Gasteiger partial charge < -0.3 is 9.47 Å². The Kier molecular flexibility index (Phi) is 5.82. The highest BCUT2D eigenvalue weighted by Gasteiger charge is 2.31. The van der Waals surface area contributed by atoms with Crippen molar-refractivity contribution >= 4 is 10.0 Å². The van der Waals surface area contributed by atoms with Gasteiger partial charge in [-0.1, -0.05) is 12.1 Å². The van der Waals surface area contributed by atoms with Crippen LogP contribution in [0.3, 0.4) is 0 Å². The first-order chi connectivity index (χ1) is 12.1. The number of hydrogen-bond acceptors (Lipinski definition) is 4. The average molecular weight is 389 g/mol. The van der Waals surface area contributed by atoms with Gasteiger partial charge in [0.1, 0.15) is 16.4 Å². The van der Waals surface area contributed by atoms with Gasteiger partial charge in [-0.25, -0.2) is 13.1 Å². The van der Waals surface area contributed by atoms with Gasteiger partial charge in [0.15, 0.2) is 0 Å². The van der Waals surface area contributed by atoms with E-state index in [0.717, 1.165) is 12.1 Å². The Hall–Kier alpha value is -2.26. The Morgan fingerprint density at radius 3 is 2.31 bits per heavy atom. The van der Waals surface area contributed by atoms with E-state index in [9.17, 15) is 21.6 Å². The lowest BCUT2D eigenvalue weighted by Crippen LogP contribution is -2.27. The zero-order valence-corrected chi connectivity index (χ0v) is 15.1. The Labute approximate surface area is 149 Å². The van der Waals surface area contributed by atoms with Gasteiger partial charge in [-0.2, -0.15) is 13.2 Å². The smallest absolute Gasteiger partial charge is 0.416 e. The minimum Gasteiger partial charge on any atom is -0.497 e. The summed E-state index contributed by atoms with van der Waals surface area (Å²) in [7, 11) is -1.37. The summed E-state index contributed by atoms with van der Waals surface area (Å²) in [6.45, 7) is 1.46. The predicted molar refractivity (Wildman–Crippen MR) is 89.7 cm³/mol. The van der Waals surface area contributed by atoms with Crippen LogP contribution in [0.4, 0.5) is 13.2 Å². The Morgan fingerprint density at radius 1 is 1.04 bits per heavy atom. The summed E-state index contributed by atoms with van der Waals surface area (Å²) in [5.74, 6) is 0.396. The standard InChI is InChI=1S/C17H18F3NO4S/c1-11(12-5-4-6-13(9-12)17(18,19)20)21-26(22,23)16-10-14(24-2)7-8-15(16)25-3/h4-11,21H,1-3H3. The summed E-state index contributed by atoms with van der Waals surface area (Å²) >= 11 is 0. The zero-order valence-electron chi connectivity index (χ0n) is 14.3. The van der Waals surface area contributed by atoms with Crippen molar-refractivity contribution in [3.05, 3.63) is 53.6 Å². The second-order valence-electron chi connectivity index (χ2n) is 5.48. The van der Waals surface area contributed by atoms with Crippen molar-refractivity contribution in [1.82, 2.24) is 4.72 Å². The molecule has 26 heavy (non-hydrogen) atoms. The molecule has 1 atom stereocenters. The zero-order chi connectivity index (χ0) is 19.5. The SMILES string of the molecule is COc1ccc(OC)c(S(=O)(=O)NC(C)c2cccc(C(F)(F)F)c2)c1. The molecular weight excluding hydrogens is 371 g/mol. The van der Waals surface area contributed by atoms with Crippen molar-refractivity contribution in [2.24, 2.45) is 0 Å². The summed E-state index contributed by atoms with van der Waals surface area (Å²) in [4.78, 5) is -0.168. The second-order valence-corrected chi connectivity index (χ2v) is 7.17. The van der Waals surface area contributed by atoms with Gasteiger partial charge >= 0.3 is 6.18 Å². The van der Waals surface area contributed by atoms with Gasteiger partial charge in [0.25, 0.3) is 0 Å². The average Bonchev–Trinajstić information content (AvgIpc) is 2.60. The van der Waals surface area contributed by atoms with Crippen LogP contribution in [0.5, 0.6) is 11.5 Å². The molecule has 0 amide bonds. The van der Waals surface area contributed by atoms with Crippen LogP contribution in [0, 0.1) is 0 Å². The van der Waals surface area contributed by atoms with Crippen LogP contribution in [-0.2, 0) is 16.2 Å². The normalized spacial score (nSPS) is 13.3. The van der Waals surface area contributed by atoms with Crippen molar-refractivity contribution < 1.29 is 31.1 Å². The van der Waals surface area contributed by atoms with Crippen molar-refractivity contribution in [3.63, 3.8) is 0 Å². The van der Waals surface area contributed by atoms with Crippen molar-refractivity contribution in [2.75, 3.05) is 14.2 Å². The van der Waals surface area contributed by atoms with E-state index >= 15 is 0 Å². The molecule has 0 saturated carbocycles. The molecule has 0 heterocycles. The lowest BCUT2D eigenvalue weighted by Gasteiger charge is -2.18. The molecule has 0 spiro atoms. The van der Waals surface area contributed by atoms with Gasteiger partial charge in [-0.05, 0) is 36.8 Å². The van der Waals surface area contributed by atoms with Gasteiger partial charge in [-0.3, -0.25) is 0 Å². The number of methoxy groups -OCH3 is 2. The Bertz CT molecular complexity index is 882. The van der Waals surface area contributed by atoms with Crippen LogP contribution < -0.4 is 14.2 Å². The number of alkyl halides is 3. The van der Waals surface area contributed by atoms with Crippen LogP contribution in [0.2, 0.25) is 0 Å². The molecule has 2 aromatic rings. The lowest BCUT2D eigenvalue weighted by molar-refractivity contribution is -0.137. The molecule has 0 aliphatic heterocycles. The molecule has 2 aromatic carbocycles. The highest BCUT2D eigenvalue weighted by atomic mass is 32.2. The number of rotatable bonds is 6. The molecular formula is C17H18F3NO4S. The van der Waals surface area contributed by atoms with Gasteiger partial charge in [0.2, 0.25) is 10.0 Å². The first-order valence-electron chi connectivity index (χ1n) is 7.50. The Balaban J connectivity index is 2.35. The third kappa shape index (κ3) is 4.47. The lowest BCUT2D eigenvalue weighted by atomic mass is 10.1. The summed E-state index contributed by atoms with van der Waals surface area (Å²) in [5, 5.41) is 0. The van der Waals surface area contributed by atoms with Crippen LogP contribution in [0.15, 0.2) is 47.4 Å². The molecule has 2 rings (SSSR count). The summed E-state index contributed by atoms with van der Waals surface area (Å²) in [5.41, 5.74) is -0.662. The highest BCUT2D eigenvalue weighted by molar-refractivity contribution is 7.89. The number of sulfonamides is 1. The number of benzene rings is 2. The first kappa shape index (κ1) is 20.1. The molecule has 9 heteroatoms. The van der Waals surface area contributed by atoms with E-state index in [2.05, 4.69) is 4.72 Å². The van der Waals surface area contributed by atoms with E-state index in [1.165, 1.54) is 51.5 Å². The summed E-state index contributed by atoms with van der Waals surface area (Å²) < 4.78 is 76.3. The van der Waals surface area contributed by atoms with Crippen molar-refractivity contribution in [1.29, 1.82) is 0 Å². The van der Waals surface area contributed by atoms with Gasteiger partial charge in [-0.15, -0.1) is 0 Å². The first-order valence-corrected chi connectivity index (χ1v) is 8.98. The minimum absolute atomic E-state index is 0.0922. The second kappa shape index (κ2) is 7.55. The molecule has 0 aliphatic rings. The van der Waals surface area contributed by atoms with Crippen LogP contribution in [-0.4, -0.2) is 22.6 Å². The molecule has 0 aromatic heterocycles. The molecule has 0 bridgehead atoms. The van der Waals surface area contributed by atoms with E-state index in [1.54, 1.807) is 0 Å². The van der Waals surface area contributed by atoms with E-state index in [4.69, 9.17) is 9.47 Å². The quantitative estimate of drug-likeness (QED) is 0.817.